The summed E-state index contributed by atoms with van der Waals surface area (Å²) in [5, 5.41) is 3.15. The van der Waals surface area contributed by atoms with Gasteiger partial charge >= 0.3 is 0 Å². The summed E-state index contributed by atoms with van der Waals surface area (Å²) >= 11 is 1.62. The highest BCUT2D eigenvalue weighted by Gasteiger charge is 2.25. The molecule has 4 heteroatoms. The van der Waals surface area contributed by atoms with Crippen LogP contribution in [0.5, 0.6) is 0 Å². The van der Waals surface area contributed by atoms with Crippen LogP contribution in [0.2, 0.25) is 0 Å². The van der Waals surface area contributed by atoms with E-state index in [0.717, 1.165) is 31.0 Å². The number of thioether (sulfide) groups is 1. The van der Waals surface area contributed by atoms with Crippen molar-refractivity contribution in [1.29, 1.82) is 0 Å². The Morgan fingerprint density at radius 3 is 2.64 bits per heavy atom. The fraction of sp³-hybridized carbons (Fsp3) is 0.381. The molecule has 0 aromatic heterocycles. The molecule has 0 bridgehead atoms. The molecular weight excluding hydrogens is 328 g/mol. The van der Waals surface area contributed by atoms with Crippen LogP contribution in [0.1, 0.15) is 24.5 Å². The van der Waals surface area contributed by atoms with Crippen LogP contribution in [-0.2, 0) is 11.3 Å². The Labute approximate surface area is 154 Å². The van der Waals surface area contributed by atoms with Crippen LogP contribution in [0.25, 0.3) is 0 Å². The van der Waals surface area contributed by atoms with Crippen molar-refractivity contribution in [2.75, 3.05) is 13.1 Å². The van der Waals surface area contributed by atoms with Crippen LogP contribution in [-0.4, -0.2) is 35.2 Å². The van der Waals surface area contributed by atoms with Gasteiger partial charge in [-0.15, -0.1) is 11.8 Å². The van der Waals surface area contributed by atoms with Gasteiger partial charge in [-0.3, -0.25) is 9.69 Å². The Morgan fingerprint density at radius 1 is 1.20 bits per heavy atom. The third kappa shape index (κ3) is 5.35. The van der Waals surface area contributed by atoms with Gasteiger partial charge in [0.2, 0.25) is 5.91 Å². The number of aryl methyl sites for hydroxylation is 1. The maximum absolute atomic E-state index is 12.5. The van der Waals surface area contributed by atoms with Crippen LogP contribution in [0.15, 0.2) is 59.5 Å². The zero-order valence-electron chi connectivity index (χ0n) is 14.9. The number of hydrogen-bond donors (Lipinski definition) is 1. The van der Waals surface area contributed by atoms with E-state index in [1.807, 2.05) is 13.0 Å². The maximum Gasteiger partial charge on any atom is 0.233 e. The molecule has 0 saturated carbocycles. The molecule has 2 atom stereocenters. The normalized spacial score (nSPS) is 18.9. The number of amides is 1. The van der Waals surface area contributed by atoms with Crippen molar-refractivity contribution in [3.8, 4) is 0 Å². The Kier molecular flexibility index (Phi) is 6.16. The van der Waals surface area contributed by atoms with Gasteiger partial charge in [-0.25, -0.2) is 0 Å². The first-order valence-corrected chi connectivity index (χ1v) is 9.78. The van der Waals surface area contributed by atoms with Gasteiger partial charge in [0.15, 0.2) is 0 Å². The molecule has 2 aromatic rings. The fourth-order valence-electron chi connectivity index (χ4n) is 3.13. The highest BCUT2D eigenvalue weighted by atomic mass is 32.2. The molecule has 3 nitrogen and oxygen atoms in total. The van der Waals surface area contributed by atoms with Crippen molar-refractivity contribution in [3.63, 3.8) is 0 Å². The SMILES string of the molecule is Cc1ccc(S[C@@H](C)C(=O)N[C@H]2CCN(Cc3ccccc3)C2)cc1. The summed E-state index contributed by atoms with van der Waals surface area (Å²) in [6, 6.07) is 19.1. The van der Waals surface area contributed by atoms with E-state index in [2.05, 4.69) is 65.7 Å². The molecule has 0 aliphatic carbocycles. The van der Waals surface area contributed by atoms with Crippen molar-refractivity contribution in [3.05, 3.63) is 65.7 Å². The average molecular weight is 355 g/mol. The molecule has 1 fully saturated rings. The van der Waals surface area contributed by atoms with Crippen LogP contribution >= 0.6 is 11.8 Å². The number of rotatable bonds is 6. The molecule has 1 amide bonds. The second kappa shape index (κ2) is 8.54. The van der Waals surface area contributed by atoms with Gasteiger partial charge in [0, 0.05) is 30.6 Å². The van der Waals surface area contributed by atoms with Gasteiger partial charge in [-0.05, 0) is 38.0 Å². The van der Waals surface area contributed by atoms with Gasteiger partial charge < -0.3 is 5.32 Å². The summed E-state index contributed by atoms with van der Waals surface area (Å²) in [5.74, 6) is 0.136. The lowest BCUT2D eigenvalue weighted by molar-refractivity contribution is -0.120. The Hall–Kier alpha value is -1.78. The van der Waals surface area contributed by atoms with Gasteiger partial charge in [-0.2, -0.15) is 0 Å². The molecule has 132 valence electrons. The van der Waals surface area contributed by atoms with Crippen molar-refractivity contribution < 1.29 is 4.79 Å². The van der Waals surface area contributed by atoms with E-state index >= 15 is 0 Å². The second-order valence-corrected chi connectivity index (χ2v) is 8.20. The average Bonchev–Trinajstić information content (AvgIpc) is 3.04. The van der Waals surface area contributed by atoms with E-state index in [1.165, 1.54) is 11.1 Å². The highest BCUT2D eigenvalue weighted by Crippen LogP contribution is 2.24. The number of carbonyl (C=O) groups is 1. The second-order valence-electron chi connectivity index (χ2n) is 6.79. The van der Waals surface area contributed by atoms with Gasteiger partial charge in [0.25, 0.3) is 0 Å². The minimum atomic E-state index is -0.0779. The van der Waals surface area contributed by atoms with Crippen LogP contribution in [0, 0.1) is 6.92 Å². The Morgan fingerprint density at radius 2 is 1.92 bits per heavy atom. The molecule has 1 heterocycles. The van der Waals surface area contributed by atoms with Crippen LogP contribution in [0.4, 0.5) is 0 Å². The first kappa shape index (κ1) is 18.0. The number of carbonyl (C=O) groups excluding carboxylic acids is 1. The largest absolute Gasteiger partial charge is 0.351 e. The van der Waals surface area contributed by atoms with Gasteiger partial charge in [0.05, 0.1) is 5.25 Å². The van der Waals surface area contributed by atoms with E-state index in [0.29, 0.717) is 0 Å². The Balaban J connectivity index is 1.45. The van der Waals surface area contributed by atoms with E-state index in [4.69, 9.17) is 0 Å². The summed E-state index contributed by atoms with van der Waals surface area (Å²) in [6.07, 6.45) is 1.03. The van der Waals surface area contributed by atoms with Crippen molar-refractivity contribution in [1.82, 2.24) is 10.2 Å². The molecule has 3 rings (SSSR count). The van der Waals surface area contributed by atoms with Crippen molar-refractivity contribution >= 4 is 17.7 Å². The zero-order chi connectivity index (χ0) is 17.6. The molecule has 0 radical (unpaired) electrons. The third-order valence-electron chi connectivity index (χ3n) is 4.57. The van der Waals surface area contributed by atoms with E-state index < -0.39 is 0 Å². The summed E-state index contributed by atoms with van der Waals surface area (Å²) in [5.41, 5.74) is 2.57. The molecule has 2 aromatic carbocycles. The lowest BCUT2D eigenvalue weighted by Crippen LogP contribution is -2.40. The topological polar surface area (TPSA) is 32.3 Å². The van der Waals surface area contributed by atoms with E-state index in [-0.39, 0.29) is 17.2 Å². The summed E-state index contributed by atoms with van der Waals surface area (Å²) in [6.45, 7) is 6.99. The smallest absolute Gasteiger partial charge is 0.233 e. The number of benzene rings is 2. The van der Waals surface area contributed by atoms with Crippen LogP contribution < -0.4 is 5.32 Å². The van der Waals surface area contributed by atoms with Crippen molar-refractivity contribution in [2.24, 2.45) is 0 Å². The van der Waals surface area contributed by atoms with E-state index in [9.17, 15) is 4.79 Å². The fourth-order valence-corrected chi connectivity index (χ4v) is 4.01. The summed E-state index contributed by atoms with van der Waals surface area (Å²) in [7, 11) is 0. The predicted octanol–water partition coefficient (Wildman–Crippen LogP) is 3.87. The molecule has 1 aliphatic heterocycles. The zero-order valence-corrected chi connectivity index (χ0v) is 15.8. The first-order valence-electron chi connectivity index (χ1n) is 8.90. The monoisotopic (exact) mass is 354 g/mol. The minimum absolute atomic E-state index is 0.0779. The highest BCUT2D eigenvalue weighted by molar-refractivity contribution is 8.00. The first-order chi connectivity index (χ1) is 12.1. The molecule has 1 N–H and O–H groups in total. The van der Waals surface area contributed by atoms with Crippen molar-refractivity contribution in [2.45, 2.75) is 43.0 Å². The number of hydrogen-bond acceptors (Lipinski definition) is 3. The third-order valence-corrected chi connectivity index (χ3v) is 5.68. The minimum Gasteiger partial charge on any atom is -0.351 e. The number of nitrogens with one attached hydrogen (secondary N) is 1. The number of nitrogens with zero attached hydrogens (tertiary/aromatic N) is 1. The standard InChI is InChI=1S/C21H26N2OS/c1-16-8-10-20(11-9-16)25-17(2)21(24)22-19-12-13-23(15-19)14-18-6-4-3-5-7-18/h3-11,17,19H,12-15H2,1-2H3,(H,22,24)/t17-,19-/m0/s1. The van der Waals surface area contributed by atoms with Gasteiger partial charge in [-0.1, -0.05) is 48.0 Å². The maximum atomic E-state index is 12.5. The number of likely N-dealkylation sites (tertiary alicyclic amines) is 1. The summed E-state index contributed by atoms with van der Waals surface area (Å²) in [4.78, 5) is 16.0. The summed E-state index contributed by atoms with van der Waals surface area (Å²) < 4.78 is 0. The molecule has 0 unspecified atom stereocenters. The lowest BCUT2D eigenvalue weighted by Gasteiger charge is -2.18. The lowest BCUT2D eigenvalue weighted by atomic mass is 10.2. The molecule has 0 spiro atoms. The molecule has 25 heavy (non-hydrogen) atoms. The van der Waals surface area contributed by atoms with E-state index in [1.54, 1.807) is 11.8 Å². The molecule has 1 saturated heterocycles. The molecular formula is C21H26N2OS. The Bertz CT molecular complexity index is 687. The molecule has 1 aliphatic rings. The predicted molar refractivity (Wildman–Crippen MR) is 105 cm³/mol. The quantitative estimate of drug-likeness (QED) is 0.800. The van der Waals surface area contributed by atoms with Gasteiger partial charge in [0.1, 0.15) is 0 Å². The van der Waals surface area contributed by atoms with Crippen LogP contribution in [0.3, 0.4) is 0 Å².